The number of para-hydroxylation sites is 2. The van der Waals surface area contributed by atoms with Gasteiger partial charge in [-0.15, -0.1) is 0 Å². The lowest BCUT2D eigenvalue weighted by molar-refractivity contribution is -0.144. The Bertz CT molecular complexity index is 892. The molecule has 122 valence electrons. The van der Waals surface area contributed by atoms with E-state index >= 15 is 0 Å². The van der Waals surface area contributed by atoms with Crippen LogP contribution in [0.3, 0.4) is 0 Å². The molecule has 2 aromatic carbocycles. The second-order valence-corrected chi connectivity index (χ2v) is 6.10. The van der Waals surface area contributed by atoms with E-state index in [1.54, 1.807) is 18.2 Å². The summed E-state index contributed by atoms with van der Waals surface area (Å²) in [7, 11) is 0. The van der Waals surface area contributed by atoms with E-state index in [0.717, 1.165) is 16.7 Å². The molecule has 0 radical (unpaired) electrons. The molecular weight excluding hydrogens is 347 g/mol. The number of rotatable bonds is 4. The number of esters is 1. The molecule has 6 heteroatoms. The fourth-order valence-electron chi connectivity index (χ4n) is 2.31. The Kier molecular flexibility index (Phi) is 4.97. The van der Waals surface area contributed by atoms with Crippen molar-refractivity contribution in [3.8, 4) is 0 Å². The molecule has 0 saturated heterocycles. The van der Waals surface area contributed by atoms with Crippen LogP contribution in [-0.4, -0.2) is 15.9 Å². The van der Waals surface area contributed by atoms with Gasteiger partial charge in [-0.3, -0.25) is 4.79 Å². The summed E-state index contributed by atoms with van der Waals surface area (Å²) in [5, 5.41) is 0.891. The Morgan fingerprint density at radius 3 is 2.29 bits per heavy atom. The third-order valence-electron chi connectivity index (χ3n) is 3.60. The van der Waals surface area contributed by atoms with Crippen LogP contribution in [0.1, 0.15) is 17.0 Å². The molecule has 0 bridgehead atoms. The predicted molar refractivity (Wildman–Crippen MR) is 94.2 cm³/mol. The second kappa shape index (κ2) is 7.16. The van der Waals surface area contributed by atoms with E-state index in [1.165, 1.54) is 0 Å². The first-order valence-corrected chi connectivity index (χ1v) is 8.11. The Balaban J connectivity index is 1.71. The summed E-state index contributed by atoms with van der Waals surface area (Å²) in [4.78, 5) is 21.0. The van der Waals surface area contributed by atoms with Gasteiger partial charge in [-0.05, 0) is 31.2 Å². The molecule has 0 amide bonds. The van der Waals surface area contributed by atoms with Gasteiger partial charge in [0, 0.05) is 15.6 Å². The smallest absolute Gasteiger partial charge is 0.310 e. The van der Waals surface area contributed by atoms with Crippen molar-refractivity contribution in [3.05, 3.63) is 69.5 Å². The fraction of sp³-hybridized carbons (Fsp3) is 0.167. The highest BCUT2D eigenvalue weighted by Gasteiger charge is 2.13. The van der Waals surface area contributed by atoms with Crippen LogP contribution in [0.15, 0.2) is 42.5 Å². The fourth-order valence-corrected chi connectivity index (χ4v) is 2.84. The van der Waals surface area contributed by atoms with Crippen molar-refractivity contribution in [2.45, 2.75) is 20.0 Å². The lowest BCUT2D eigenvalue weighted by atomic mass is 10.1. The van der Waals surface area contributed by atoms with Crippen molar-refractivity contribution in [1.82, 2.24) is 9.97 Å². The maximum atomic E-state index is 12.1. The van der Waals surface area contributed by atoms with Gasteiger partial charge in [0.15, 0.2) is 0 Å². The first-order chi connectivity index (χ1) is 11.5. The monoisotopic (exact) mass is 360 g/mol. The summed E-state index contributed by atoms with van der Waals surface area (Å²) in [5.74, 6) is -0.417. The van der Waals surface area contributed by atoms with Crippen molar-refractivity contribution in [3.63, 3.8) is 0 Å². The van der Waals surface area contributed by atoms with E-state index in [1.807, 2.05) is 31.2 Å². The predicted octanol–water partition coefficient (Wildman–Crippen LogP) is 4.53. The molecule has 1 aromatic heterocycles. The zero-order valence-corrected chi connectivity index (χ0v) is 14.4. The summed E-state index contributed by atoms with van der Waals surface area (Å²) >= 11 is 12.1. The lowest BCUT2D eigenvalue weighted by Crippen LogP contribution is -2.11. The first-order valence-electron chi connectivity index (χ1n) is 7.35. The molecule has 0 saturated carbocycles. The Labute approximate surface area is 149 Å². The van der Waals surface area contributed by atoms with Crippen LogP contribution < -0.4 is 0 Å². The number of hydrogen-bond acceptors (Lipinski definition) is 4. The molecule has 3 rings (SSSR count). The van der Waals surface area contributed by atoms with E-state index < -0.39 is 5.97 Å². The van der Waals surface area contributed by atoms with Gasteiger partial charge in [-0.1, -0.05) is 41.4 Å². The molecule has 24 heavy (non-hydrogen) atoms. The Morgan fingerprint density at radius 2 is 1.62 bits per heavy atom. The van der Waals surface area contributed by atoms with E-state index in [0.29, 0.717) is 21.3 Å². The third-order valence-corrected chi connectivity index (χ3v) is 4.30. The normalized spacial score (nSPS) is 10.8. The summed E-state index contributed by atoms with van der Waals surface area (Å²) in [6.07, 6.45) is 0.0125. The number of nitrogens with zero attached hydrogens (tertiary/aromatic N) is 2. The minimum absolute atomic E-state index is 0.0125. The highest BCUT2D eigenvalue weighted by atomic mass is 35.5. The van der Waals surface area contributed by atoms with Crippen LogP contribution in [0.4, 0.5) is 0 Å². The van der Waals surface area contributed by atoms with Crippen molar-refractivity contribution in [2.24, 2.45) is 0 Å². The average molecular weight is 361 g/mol. The third kappa shape index (κ3) is 3.66. The van der Waals surface area contributed by atoms with Crippen LogP contribution in [0, 0.1) is 6.92 Å². The average Bonchev–Trinajstić information content (AvgIpc) is 2.56. The van der Waals surface area contributed by atoms with Crippen LogP contribution in [0.5, 0.6) is 0 Å². The standard InChI is InChI=1S/C18H14Cl2N2O2/c1-11-17(22-16-8-3-2-7-15(16)21-11)10-24-18(23)9-12-13(19)5-4-6-14(12)20/h2-8H,9-10H2,1H3. The number of benzene rings is 2. The molecule has 0 fully saturated rings. The highest BCUT2D eigenvalue weighted by molar-refractivity contribution is 6.36. The minimum atomic E-state index is -0.417. The van der Waals surface area contributed by atoms with Crippen LogP contribution in [0.2, 0.25) is 10.0 Å². The molecule has 4 nitrogen and oxygen atoms in total. The van der Waals surface area contributed by atoms with E-state index in [2.05, 4.69) is 9.97 Å². The van der Waals surface area contributed by atoms with E-state index in [9.17, 15) is 4.79 Å². The zero-order valence-electron chi connectivity index (χ0n) is 12.9. The maximum Gasteiger partial charge on any atom is 0.310 e. The second-order valence-electron chi connectivity index (χ2n) is 5.28. The quantitative estimate of drug-likeness (QED) is 0.641. The largest absolute Gasteiger partial charge is 0.459 e. The van der Waals surface area contributed by atoms with Crippen LogP contribution in [-0.2, 0) is 22.6 Å². The molecule has 3 aromatic rings. The molecule has 1 heterocycles. The number of carbonyl (C=O) groups excluding carboxylic acids is 1. The van der Waals surface area contributed by atoms with Gasteiger partial charge >= 0.3 is 5.97 Å². The number of fused-ring (bicyclic) bond motifs is 1. The minimum Gasteiger partial charge on any atom is -0.459 e. The summed E-state index contributed by atoms with van der Waals surface area (Å²) < 4.78 is 5.31. The molecular formula is C18H14Cl2N2O2. The Morgan fingerprint density at radius 1 is 1.00 bits per heavy atom. The van der Waals surface area contributed by atoms with Crippen molar-refractivity contribution in [1.29, 1.82) is 0 Å². The number of aromatic nitrogens is 2. The SMILES string of the molecule is Cc1nc2ccccc2nc1COC(=O)Cc1c(Cl)cccc1Cl. The number of hydrogen-bond donors (Lipinski definition) is 0. The lowest BCUT2D eigenvalue weighted by Gasteiger charge is -2.09. The molecule has 0 aliphatic carbocycles. The zero-order chi connectivity index (χ0) is 17.1. The molecule has 0 unspecified atom stereocenters. The van der Waals surface area contributed by atoms with Gasteiger partial charge in [-0.2, -0.15) is 0 Å². The number of halogens is 2. The van der Waals surface area contributed by atoms with Gasteiger partial charge in [0.2, 0.25) is 0 Å². The van der Waals surface area contributed by atoms with Gasteiger partial charge in [0.25, 0.3) is 0 Å². The number of ether oxygens (including phenoxy) is 1. The van der Waals surface area contributed by atoms with Crippen molar-refractivity contribution >= 4 is 40.2 Å². The van der Waals surface area contributed by atoms with Crippen LogP contribution >= 0.6 is 23.2 Å². The topological polar surface area (TPSA) is 52.1 Å². The van der Waals surface area contributed by atoms with Gasteiger partial charge in [0.1, 0.15) is 6.61 Å². The molecule has 0 aliphatic heterocycles. The van der Waals surface area contributed by atoms with Gasteiger partial charge in [-0.25, -0.2) is 9.97 Å². The first kappa shape index (κ1) is 16.7. The Hall–Kier alpha value is -2.17. The summed E-state index contributed by atoms with van der Waals surface area (Å²) in [5.41, 5.74) is 3.51. The molecule has 0 spiro atoms. The molecule has 0 N–H and O–H groups in total. The van der Waals surface area contributed by atoms with Gasteiger partial charge in [0.05, 0.1) is 28.8 Å². The summed E-state index contributed by atoms with van der Waals surface area (Å²) in [6, 6.07) is 12.7. The van der Waals surface area contributed by atoms with Gasteiger partial charge < -0.3 is 4.74 Å². The van der Waals surface area contributed by atoms with E-state index in [-0.39, 0.29) is 13.0 Å². The van der Waals surface area contributed by atoms with Crippen molar-refractivity contribution in [2.75, 3.05) is 0 Å². The highest BCUT2D eigenvalue weighted by Crippen LogP contribution is 2.25. The number of aryl methyl sites for hydroxylation is 1. The van der Waals surface area contributed by atoms with E-state index in [4.69, 9.17) is 27.9 Å². The van der Waals surface area contributed by atoms with Crippen molar-refractivity contribution < 1.29 is 9.53 Å². The summed E-state index contributed by atoms with van der Waals surface area (Å²) in [6.45, 7) is 1.90. The molecule has 0 aliphatic rings. The number of carbonyl (C=O) groups is 1. The van der Waals surface area contributed by atoms with Crippen LogP contribution in [0.25, 0.3) is 11.0 Å². The maximum absolute atomic E-state index is 12.1. The molecule has 0 atom stereocenters.